The molecule has 1 heterocycles. The van der Waals surface area contributed by atoms with Gasteiger partial charge in [-0.05, 0) is 42.7 Å². The van der Waals surface area contributed by atoms with E-state index in [0.29, 0.717) is 44.8 Å². The molecular formula is C21H25FN2O3. The Hall–Kier alpha value is -2.44. The molecule has 0 radical (unpaired) electrons. The Kier molecular flexibility index (Phi) is 6.42. The Balaban J connectivity index is 1.38. The fourth-order valence-electron chi connectivity index (χ4n) is 3.08. The molecule has 0 bridgehead atoms. The molecule has 27 heavy (non-hydrogen) atoms. The third-order valence-electron chi connectivity index (χ3n) is 4.81. The molecule has 3 rings (SSSR count). The summed E-state index contributed by atoms with van der Waals surface area (Å²) in [6.07, 6.45) is 1.06. The highest BCUT2D eigenvalue weighted by Gasteiger charge is 2.33. The molecule has 0 unspecified atom stereocenters. The SMILES string of the molecule is O=C(CN1CCC(O)(COc2ccc(F)cc2)CC1)NCc1ccccc1. The van der Waals surface area contributed by atoms with Crippen LogP contribution in [-0.2, 0) is 11.3 Å². The number of halogens is 1. The van der Waals surface area contributed by atoms with Gasteiger partial charge in [0.05, 0.1) is 6.54 Å². The standard InChI is InChI=1S/C21H25FN2O3/c22-18-6-8-19(9-7-18)27-16-21(26)10-12-24(13-11-21)15-20(25)23-14-17-4-2-1-3-5-17/h1-9,26H,10-16H2,(H,23,25). The van der Waals surface area contributed by atoms with Crippen LogP contribution in [0.1, 0.15) is 18.4 Å². The summed E-state index contributed by atoms with van der Waals surface area (Å²) in [4.78, 5) is 14.1. The van der Waals surface area contributed by atoms with E-state index in [2.05, 4.69) is 5.32 Å². The molecule has 1 fully saturated rings. The molecule has 6 heteroatoms. The molecule has 0 aliphatic carbocycles. The first-order valence-corrected chi connectivity index (χ1v) is 9.16. The third kappa shape index (κ3) is 6.05. The quantitative estimate of drug-likeness (QED) is 0.783. The number of benzene rings is 2. The van der Waals surface area contributed by atoms with Crippen LogP contribution >= 0.6 is 0 Å². The van der Waals surface area contributed by atoms with Gasteiger partial charge in [-0.2, -0.15) is 0 Å². The summed E-state index contributed by atoms with van der Waals surface area (Å²) in [5.74, 6) is 0.194. The lowest BCUT2D eigenvalue weighted by molar-refractivity contribution is -0.124. The Morgan fingerprint density at radius 2 is 1.78 bits per heavy atom. The number of aliphatic hydroxyl groups is 1. The van der Waals surface area contributed by atoms with Crippen molar-refractivity contribution < 1.29 is 19.0 Å². The van der Waals surface area contributed by atoms with Crippen LogP contribution in [0.2, 0.25) is 0 Å². The van der Waals surface area contributed by atoms with E-state index >= 15 is 0 Å². The predicted octanol–water partition coefficient (Wildman–Crippen LogP) is 2.35. The van der Waals surface area contributed by atoms with Crippen molar-refractivity contribution >= 4 is 5.91 Å². The molecule has 1 saturated heterocycles. The number of nitrogens with one attached hydrogen (secondary N) is 1. The highest BCUT2D eigenvalue weighted by molar-refractivity contribution is 5.78. The number of likely N-dealkylation sites (tertiary alicyclic amines) is 1. The number of piperidine rings is 1. The van der Waals surface area contributed by atoms with Gasteiger partial charge in [-0.1, -0.05) is 30.3 Å². The summed E-state index contributed by atoms with van der Waals surface area (Å²) in [5, 5.41) is 13.6. The van der Waals surface area contributed by atoms with Crippen molar-refractivity contribution in [3.8, 4) is 5.75 Å². The molecular weight excluding hydrogens is 347 g/mol. The second kappa shape index (κ2) is 8.97. The summed E-state index contributed by atoms with van der Waals surface area (Å²) in [6.45, 7) is 2.25. The molecule has 2 aromatic carbocycles. The molecule has 2 N–H and O–H groups in total. The molecule has 0 aromatic heterocycles. The first-order valence-electron chi connectivity index (χ1n) is 9.16. The van der Waals surface area contributed by atoms with Crippen molar-refractivity contribution in [3.63, 3.8) is 0 Å². The lowest BCUT2D eigenvalue weighted by Gasteiger charge is -2.37. The van der Waals surface area contributed by atoms with E-state index in [-0.39, 0.29) is 18.3 Å². The summed E-state index contributed by atoms with van der Waals surface area (Å²) in [6, 6.07) is 15.5. The van der Waals surface area contributed by atoms with Crippen molar-refractivity contribution in [2.24, 2.45) is 0 Å². The van der Waals surface area contributed by atoms with Gasteiger partial charge in [0.1, 0.15) is 23.8 Å². The first kappa shape index (κ1) is 19.3. The van der Waals surface area contributed by atoms with Crippen molar-refractivity contribution in [2.75, 3.05) is 26.2 Å². The average Bonchev–Trinajstić information content (AvgIpc) is 2.69. The molecule has 5 nitrogen and oxygen atoms in total. The Labute approximate surface area is 158 Å². The minimum Gasteiger partial charge on any atom is -0.491 e. The largest absolute Gasteiger partial charge is 0.491 e. The zero-order valence-corrected chi connectivity index (χ0v) is 15.2. The van der Waals surface area contributed by atoms with Crippen molar-refractivity contribution in [3.05, 3.63) is 66.0 Å². The van der Waals surface area contributed by atoms with Crippen LogP contribution in [0.3, 0.4) is 0 Å². The van der Waals surface area contributed by atoms with E-state index in [9.17, 15) is 14.3 Å². The van der Waals surface area contributed by atoms with Gasteiger partial charge in [-0.25, -0.2) is 4.39 Å². The van der Waals surface area contributed by atoms with Crippen molar-refractivity contribution in [1.82, 2.24) is 10.2 Å². The zero-order chi connectivity index (χ0) is 19.1. The maximum Gasteiger partial charge on any atom is 0.234 e. The predicted molar refractivity (Wildman–Crippen MR) is 101 cm³/mol. The number of rotatable bonds is 7. The molecule has 0 saturated carbocycles. The summed E-state index contributed by atoms with van der Waals surface area (Å²) in [7, 11) is 0. The van der Waals surface area contributed by atoms with Crippen LogP contribution in [0, 0.1) is 5.82 Å². The van der Waals surface area contributed by atoms with E-state index in [1.54, 1.807) is 12.1 Å². The van der Waals surface area contributed by atoms with Gasteiger partial charge in [-0.3, -0.25) is 9.69 Å². The van der Waals surface area contributed by atoms with Crippen LogP contribution < -0.4 is 10.1 Å². The summed E-state index contributed by atoms with van der Waals surface area (Å²) in [5.41, 5.74) is 0.141. The lowest BCUT2D eigenvalue weighted by atomic mass is 9.92. The minimum atomic E-state index is -0.925. The minimum absolute atomic E-state index is 0.0214. The van der Waals surface area contributed by atoms with Crippen molar-refractivity contribution in [2.45, 2.75) is 25.0 Å². The van der Waals surface area contributed by atoms with Crippen LogP contribution in [0.4, 0.5) is 4.39 Å². The Morgan fingerprint density at radius 1 is 1.11 bits per heavy atom. The normalized spacial score (nSPS) is 16.7. The Morgan fingerprint density at radius 3 is 2.44 bits per heavy atom. The fraction of sp³-hybridized carbons (Fsp3) is 0.381. The lowest BCUT2D eigenvalue weighted by Crippen LogP contribution is -2.50. The first-order chi connectivity index (χ1) is 13.0. The zero-order valence-electron chi connectivity index (χ0n) is 15.2. The van der Waals surface area contributed by atoms with Gasteiger partial charge >= 0.3 is 0 Å². The fourth-order valence-corrected chi connectivity index (χ4v) is 3.08. The van der Waals surface area contributed by atoms with Gasteiger partial charge in [0.15, 0.2) is 0 Å². The number of carbonyl (C=O) groups excluding carboxylic acids is 1. The van der Waals surface area contributed by atoms with Crippen LogP contribution in [-0.4, -0.2) is 47.8 Å². The van der Waals surface area contributed by atoms with Gasteiger partial charge in [0.25, 0.3) is 0 Å². The molecule has 0 atom stereocenters. The topological polar surface area (TPSA) is 61.8 Å². The van der Waals surface area contributed by atoms with Gasteiger partial charge in [0.2, 0.25) is 5.91 Å². The summed E-state index contributed by atoms with van der Waals surface area (Å²) < 4.78 is 18.5. The molecule has 1 aliphatic heterocycles. The number of nitrogens with zero attached hydrogens (tertiary/aromatic N) is 1. The maximum absolute atomic E-state index is 12.9. The van der Waals surface area contributed by atoms with Gasteiger partial charge in [0, 0.05) is 19.6 Å². The summed E-state index contributed by atoms with van der Waals surface area (Å²) >= 11 is 0. The molecule has 1 amide bonds. The number of ether oxygens (including phenoxy) is 1. The molecule has 1 aliphatic rings. The van der Waals surface area contributed by atoms with E-state index in [4.69, 9.17) is 4.74 Å². The second-order valence-electron chi connectivity index (χ2n) is 7.01. The highest BCUT2D eigenvalue weighted by atomic mass is 19.1. The number of amides is 1. The van der Waals surface area contributed by atoms with E-state index < -0.39 is 5.60 Å². The van der Waals surface area contributed by atoms with Gasteiger partial charge < -0.3 is 15.2 Å². The number of hydrogen-bond donors (Lipinski definition) is 2. The van der Waals surface area contributed by atoms with Crippen LogP contribution in [0.5, 0.6) is 5.75 Å². The highest BCUT2D eigenvalue weighted by Crippen LogP contribution is 2.23. The van der Waals surface area contributed by atoms with Crippen molar-refractivity contribution in [1.29, 1.82) is 0 Å². The number of hydrogen-bond acceptors (Lipinski definition) is 4. The van der Waals surface area contributed by atoms with Gasteiger partial charge in [-0.15, -0.1) is 0 Å². The van der Waals surface area contributed by atoms with E-state index in [1.807, 2.05) is 35.2 Å². The third-order valence-corrected chi connectivity index (χ3v) is 4.81. The monoisotopic (exact) mass is 372 g/mol. The van der Waals surface area contributed by atoms with Crippen LogP contribution in [0.25, 0.3) is 0 Å². The van der Waals surface area contributed by atoms with Crippen LogP contribution in [0.15, 0.2) is 54.6 Å². The second-order valence-corrected chi connectivity index (χ2v) is 7.01. The molecule has 2 aromatic rings. The molecule has 0 spiro atoms. The number of carbonyl (C=O) groups is 1. The maximum atomic E-state index is 12.9. The smallest absolute Gasteiger partial charge is 0.234 e. The Bertz CT molecular complexity index is 729. The van der Waals surface area contributed by atoms with E-state index in [1.165, 1.54) is 12.1 Å². The molecule has 144 valence electrons. The van der Waals surface area contributed by atoms with E-state index in [0.717, 1.165) is 5.56 Å². The average molecular weight is 372 g/mol.